The first-order valence-corrected chi connectivity index (χ1v) is 6.55. The fourth-order valence-electron chi connectivity index (χ4n) is 3.04. The molecule has 0 radical (unpaired) electrons. The topological polar surface area (TPSA) is 57.6 Å². The molecule has 1 aliphatic rings. The predicted octanol–water partition coefficient (Wildman–Crippen LogP) is 2.30. The minimum atomic E-state index is -0.892. The molecule has 2 atom stereocenters. The van der Waals surface area contributed by atoms with E-state index in [4.69, 9.17) is 0 Å². The lowest BCUT2D eigenvalue weighted by atomic mass is 9.88. The van der Waals surface area contributed by atoms with Crippen LogP contribution in [0.1, 0.15) is 36.1 Å². The lowest BCUT2D eigenvalue weighted by Crippen LogP contribution is -2.31. The van der Waals surface area contributed by atoms with Crippen molar-refractivity contribution in [3.8, 4) is 0 Å². The Balaban J connectivity index is 2.55. The molecule has 1 heterocycles. The van der Waals surface area contributed by atoms with Gasteiger partial charge in [0.25, 0.3) is 0 Å². The van der Waals surface area contributed by atoms with Gasteiger partial charge in [-0.1, -0.05) is 18.2 Å². The first-order chi connectivity index (χ1) is 8.97. The average molecular weight is 261 g/mol. The molecule has 2 rings (SSSR count). The van der Waals surface area contributed by atoms with Gasteiger partial charge in [0.1, 0.15) is 0 Å². The minimum Gasteiger partial charge on any atom is -0.481 e. The molecule has 2 unspecified atom stereocenters. The highest BCUT2D eigenvalue weighted by molar-refractivity contribution is 5.87. The Morgan fingerprint density at radius 1 is 1.37 bits per heavy atom. The SMILES string of the molecule is CCN1C(=O)CC(C(=O)O)C1c1c(C)cccc1C. The van der Waals surface area contributed by atoms with Crippen LogP contribution in [0.4, 0.5) is 0 Å². The number of benzene rings is 1. The van der Waals surface area contributed by atoms with Gasteiger partial charge in [-0.3, -0.25) is 9.59 Å². The van der Waals surface area contributed by atoms with E-state index in [0.29, 0.717) is 6.54 Å². The van der Waals surface area contributed by atoms with E-state index in [2.05, 4.69) is 0 Å². The number of hydrogen-bond donors (Lipinski definition) is 1. The van der Waals surface area contributed by atoms with Gasteiger partial charge in [-0.15, -0.1) is 0 Å². The summed E-state index contributed by atoms with van der Waals surface area (Å²) in [6.07, 6.45) is 0.0988. The quantitative estimate of drug-likeness (QED) is 0.908. The number of aryl methyl sites for hydroxylation is 2. The summed E-state index contributed by atoms with van der Waals surface area (Å²) in [5.41, 5.74) is 3.08. The van der Waals surface area contributed by atoms with Crippen LogP contribution in [-0.4, -0.2) is 28.4 Å². The summed E-state index contributed by atoms with van der Waals surface area (Å²) in [5, 5.41) is 9.38. The van der Waals surface area contributed by atoms with Gasteiger partial charge in [-0.05, 0) is 37.5 Å². The second-order valence-corrected chi connectivity index (χ2v) is 5.08. The molecule has 4 heteroatoms. The van der Waals surface area contributed by atoms with E-state index >= 15 is 0 Å². The third-order valence-corrected chi connectivity index (χ3v) is 3.93. The molecule has 0 spiro atoms. The van der Waals surface area contributed by atoms with E-state index in [1.165, 1.54) is 0 Å². The smallest absolute Gasteiger partial charge is 0.309 e. The fourth-order valence-corrected chi connectivity index (χ4v) is 3.04. The highest BCUT2D eigenvalue weighted by Gasteiger charge is 2.44. The number of nitrogens with zero attached hydrogens (tertiary/aromatic N) is 1. The Hall–Kier alpha value is -1.84. The van der Waals surface area contributed by atoms with E-state index < -0.39 is 11.9 Å². The molecule has 102 valence electrons. The van der Waals surface area contributed by atoms with Crippen LogP contribution in [-0.2, 0) is 9.59 Å². The van der Waals surface area contributed by atoms with Gasteiger partial charge in [-0.2, -0.15) is 0 Å². The number of carbonyl (C=O) groups excluding carboxylic acids is 1. The molecule has 19 heavy (non-hydrogen) atoms. The monoisotopic (exact) mass is 261 g/mol. The molecule has 0 bridgehead atoms. The van der Waals surface area contributed by atoms with Gasteiger partial charge in [0.15, 0.2) is 0 Å². The molecule has 1 amide bonds. The summed E-state index contributed by atoms with van der Waals surface area (Å²) in [7, 11) is 0. The summed E-state index contributed by atoms with van der Waals surface area (Å²) in [4.78, 5) is 25.1. The van der Waals surface area contributed by atoms with E-state index in [9.17, 15) is 14.7 Å². The van der Waals surface area contributed by atoms with Crippen LogP contribution in [0.2, 0.25) is 0 Å². The van der Waals surface area contributed by atoms with Crippen molar-refractivity contribution in [1.82, 2.24) is 4.90 Å². The summed E-state index contributed by atoms with van der Waals surface area (Å²) < 4.78 is 0. The molecule has 0 aliphatic carbocycles. The molecular formula is C15H19NO3. The minimum absolute atomic E-state index is 0.0671. The first-order valence-electron chi connectivity index (χ1n) is 6.55. The van der Waals surface area contributed by atoms with E-state index in [0.717, 1.165) is 16.7 Å². The molecule has 1 fully saturated rings. The van der Waals surface area contributed by atoms with Gasteiger partial charge in [0.2, 0.25) is 5.91 Å². The lowest BCUT2D eigenvalue weighted by molar-refractivity contribution is -0.142. The maximum absolute atomic E-state index is 12.0. The number of rotatable bonds is 3. The molecule has 1 saturated heterocycles. The molecule has 0 aromatic heterocycles. The van der Waals surface area contributed by atoms with Crippen LogP contribution in [0, 0.1) is 19.8 Å². The van der Waals surface area contributed by atoms with Crippen molar-refractivity contribution in [3.63, 3.8) is 0 Å². The normalized spacial score (nSPS) is 22.9. The Bertz CT molecular complexity index is 504. The van der Waals surface area contributed by atoms with Gasteiger partial charge in [0.05, 0.1) is 12.0 Å². The highest BCUT2D eigenvalue weighted by Crippen LogP contribution is 2.40. The zero-order chi connectivity index (χ0) is 14.2. The van der Waals surface area contributed by atoms with Crippen molar-refractivity contribution < 1.29 is 14.7 Å². The highest BCUT2D eigenvalue weighted by atomic mass is 16.4. The molecule has 1 N–H and O–H groups in total. The molecular weight excluding hydrogens is 242 g/mol. The first kappa shape index (κ1) is 13.6. The molecule has 1 aliphatic heterocycles. The van der Waals surface area contributed by atoms with Crippen LogP contribution >= 0.6 is 0 Å². The van der Waals surface area contributed by atoms with Crippen molar-refractivity contribution in [2.45, 2.75) is 33.2 Å². The maximum Gasteiger partial charge on any atom is 0.309 e. The Kier molecular flexibility index (Phi) is 3.60. The Morgan fingerprint density at radius 3 is 2.42 bits per heavy atom. The zero-order valence-electron chi connectivity index (χ0n) is 11.5. The fraction of sp³-hybridized carbons (Fsp3) is 0.467. The van der Waals surface area contributed by atoms with Gasteiger partial charge >= 0.3 is 5.97 Å². The van der Waals surface area contributed by atoms with Crippen LogP contribution in [0.3, 0.4) is 0 Å². The molecule has 4 nitrogen and oxygen atoms in total. The van der Waals surface area contributed by atoms with Crippen LogP contribution in [0.5, 0.6) is 0 Å². The number of carboxylic acid groups (broad SMARTS) is 1. The third kappa shape index (κ3) is 2.23. The van der Waals surface area contributed by atoms with Gasteiger partial charge < -0.3 is 10.0 Å². The van der Waals surface area contributed by atoms with Crippen molar-refractivity contribution in [2.24, 2.45) is 5.92 Å². The van der Waals surface area contributed by atoms with Crippen molar-refractivity contribution >= 4 is 11.9 Å². The van der Waals surface area contributed by atoms with Gasteiger partial charge in [-0.25, -0.2) is 0 Å². The zero-order valence-corrected chi connectivity index (χ0v) is 11.5. The van der Waals surface area contributed by atoms with Crippen molar-refractivity contribution in [2.75, 3.05) is 6.54 Å². The van der Waals surface area contributed by atoms with Crippen molar-refractivity contribution in [3.05, 3.63) is 34.9 Å². The van der Waals surface area contributed by atoms with Crippen LogP contribution in [0.15, 0.2) is 18.2 Å². The average Bonchev–Trinajstić information content (AvgIpc) is 2.66. The molecule has 1 aromatic carbocycles. The van der Waals surface area contributed by atoms with Gasteiger partial charge in [0, 0.05) is 13.0 Å². The van der Waals surface area contributed by atoms with Crippen LogP contribution in [0.25, 0.3) is 0 Å². The number of aliphatic carboxylic acids is 1. The Labute approximate surface area is 113 Å². The second-order valence-electron chi connectivity index (χ2n) is 5.08. The third-order valence-electron chi connectivity index (χ3n) is 3.93. The number of carboxylic acids is 1. The predicted molar refractivity (Wildman–Crippen MR) is 71.8 cm³/mol. The molecule has 0 saturated carbocycles. The standard InChI is InChI=1S/C15H19NO3/c1-4-16-12(17)8-11(15(18)19)14(16)13-9(2)6-5-7-10(13)3/h5-7,11,14H,4,8H2,1-3H3,(H,18,19). The number of amides is 1. The second kappa shape index (κ2) is 5.03. The summed E-state index contributed by atoms with van der Waals surface area (Å²) in [6.45, 7) is 6.37. The number of likely N-dealkylation sites (tertiary alicyclic amines) is 1. The number of carbonyl (C=O) groups is 2. The lowest BCUT2D eigenvalue weighted by Gasteiger charge is -2.28. The Morgan fingerprint density at radius 2 is 1.95 bits per heavy atom. The number of hydrogen-bond acceptors (Lipinski definition) is 2. The summed E-state index contributed by atoms with van der Waals surface area (Å²) >= 11 is 0. The summed E-state index contributed by atoms with van der Waals surface area (Å²) in [5.74, 6) is -1.60. The largest absolute Gasteiger partial charge is 0.481 e. The van der Waals surface area contributed by atoms with Crippen molar-refractivity contribution in [1.29, 1.82) is 0 Å². The van der Waals surface area contributed by atoms with Crippen LogP contribution < -0.4 is 0 Å². The van der Waals surface area contributed by atoms with E-state index in [-0.39, 0.29) is 18.4 Å². The summed E-state index contributed by atoms with van der Waals surface area (Å²) in [6, 6.07) is 5.56. The van der Waals surface area contributed by atoms with E-state index in [1.807, 2.05) is 39.0 Å². The maximum atomic E-state index is 12.0. The van der Waals surface area contributed by atoms with E-state index in [1.54, 1.807) is 4.90 Å². The molecule has 1 aromatic rings.